The second-order valence-electron chi connectivity index (χ2n) is 7.23. The number of nitrogens with zero attached hydrogens (tertiary/aromatic N) is 3. The molecule has 1 aromatic heterocycles. The van der Waals surface area contributed by atoms with Crippen molar-refractivity contribution in [2.24, 2.45) is 0 Å². The van der Waals surface area contributed by atoms with Crippen molar-refractivity contribution >= 4 is 40.4 Å². The molecule has 0 atom stereocenters. The average molecular weight is 418 g/mol. The van der Waals surface area contributed by atoms with Crippen LogP contribution in [0, 0.1) is 0 Å². The zero-order chi connectivity index (χ0) is 19.7. The molecule has 1 aromatic carbocycles. The fraction of sp³-hybridized carbons (Fsp3) is 0.429. The number of carbonyl (C=O) groups is 2. The Hall–Kier alpha value is -2.05. The number of fused-ring (bicyclic) bond motifs is 1. The van der Waals surface area contributed by atoms with Gasteiger partial charge in [0, 0.05) is 61.3 Å². The normalized spacial score (nSPS) is 16.9. The van der Waals surface area contributed by atoms with Gasteiger partial charge in [-0.1, -0.05) is 18.5 Å². The molecule has 0 N–H and O–H groups in total. The van der Waals surface area contributed by atoms with Crippen LogP contribution in [0.5, 0.6) is 0 Å². The molecular weight excluding hydrogens is 394 g/mol. The molecule has 2 amide bonds. The predicted molar refractivity (Wildman–Crippen MR) is 113 cm³/mol. The summed E-state index contributed by atoms with van der Waals surface area (Å²) >= 11 is 7.57. The summed E-state index contributed by atoms with van der Waals surface area (Å²) in [5.41, 5.74) is 2.28. The van der Waals surface area contributed by atoms with E-state index < -0.39 is 0 Å². The van der Waals surface area contributed by atoms with Gasteiger partial charge in [0.05, 0.1) is 4.88 Å². The maximum absolute atomic E-state index is 13.0. The molecule has 7 heteroatoms. The number of anilines is 1. The van der Waals surface area contributed by atoms with Crippen LogP contribution in [0.2, 0.25) is 5.02 Å². The number of thiophene rings is 1. The van der Waals surface area contributed by atoms with E-state index >= 15 is 0 Å². The van der Waals surface area contributed by atoms with Crippen molar-refractivity contribution in [3.8, 4) is 0 Å². The van der Waals surface area contributed by atoms with Crippen LogP contribution in [0.15, 0.2) is 30.3 Å². The summed E-state index contributed by atoms with van der Waals surface area (Å²) in [7, 11) is 0. The SMILES string of the molecule is CCC(=O)N1CCc2sc(C(=O)N3CCN(c4ccc(Cl)cc4)CC3)cc2C1. The number of halogens is 1. The number of rotatable bonds is 3. The van der Waals surface area contributed by atoms with Crippen LogP contribution in [0.25, 0.3) is 0 Å². The highest BCUT2D eigenvalue weighted by atomic mass is 35.5. The molecule has 4 rings (SSSR count). The largest absolute Gasteiger partial charge is 0.368 e. The lowest BCUT2D eigenvalue weighted by atomic mass is 10.1. The highest BCUT2D eigenvalue weighted by molar-refractivity contribution is 7.14. The van der Waals surface area contributed by atoms with Gasteiger partial charge in [-0.2, -0.15) is 0 Å². The van der Waals surface area contributed by atoms with Crippen molar-refractivity contribution in [3.63, 3.8) is 0 Å². The van der Waals surface area contributed by atoms with E-state index in [2.05, 4.69) is 4.90 Å². The molecule has 28 heavy (non-hydrogen) atoms. The lowest BCUT2D eigenvalue weighted by molar-refractivity contribution is -0.131. The summed E-state index contributed by atoms with van der Waals surface area (Å²) in [4.78, 5) is 33.2. The Balaban J connectivity index is 1.39. The molecule has 5 nitrogen and oxygen atoms in total. The van der Waals surface area contributed by atoms with E-state index in [1.807, 2.05) is 47.1 Å². The average Bonchev–Trinajstić information content (AvgIpc) is 3.16. The van der Waals surface area contributed by atoms with Gasteiger partial charge < -0.3 is 14.7 Å². The number of hydrogen-bond acceptors (Lipinski definition) is 4. The zero-order valence-electron chi connectivity index (χ0n) is 16.0. The summed E-state index contributed by atoms with van der Waals surface area (Å²) in [5, 5.41) is 0.735. The number of piperazine rings is 1. The molecule has 2 aromatic rings. The third kappa shape index (κ3) is 3.89. The van der Waals surface area contributed by atoms with E-state index in [1.165, 1.54) is 4.88 Å². The monoisotopic (exact) mass is 417 g/mol. The quantitative estimate of drug-likeness (QED) is 0.765. The number of hydrogen-bond donors (Lipinski definition) is 0. The summed E-state index contributed by atoms with van der Waals surface area (Å²) in [5.74, 6) is 0.298. The van der Waals surface area contributed by atoms with E-state index in [4.69, 9.17) is 11.6 Å². The second-order valence-corrected chi connectivity index (χ2v) is 8.81. The second kappa shape index (κ2) is 8.13. The summed E-state index contributed by atoms with van der Waals surface area (Å²) in [6, 6.07) is 9.85. The predicted octanol–water partition coefficient (Wildman–Crippen LogP) is 3.66. The van der Waals surface area contributed by atoms with Gasteiger partial charge >= 0.3 is 0 Å². The van der Waals surface area contributed by atoms with Crippen LogP contribution < -0.4 is 4.90 Å². The lowest BCUT2D eigenvalue weighted by Gasteiger charge is -2.36. The van der Waals surface area contributed by atoms with E-state index in [1.54, 1.807) is 11.3 Å². The first-order chi connectivity index (χ1) is 13.5. The van der Waals surface area contributed by atoms with Crippen LogP contribution in [-0.4, -0.2) is 54.3 Å². The van der Waals surface area contributed by atoms with Gasteiger partial charge in [0.1, 0.15) is 0 Å². The van der Waals surface area contributed by atoms with Gasteiger partial charge in [0.2, 0.25) is 5.91 Å². The highest BCUT2D eigenvalue weighted by Crippen LogP contribution is 2.30. The molecule has 0 saturated carbocycles. The van der Waals surface area contributed by atoms with Gasteiger partial charge in [0.25, 0.3) is 5.91 Å². The molecule has 2 aliphatic heterocycles. The first kappa shape index (κ1) is 19.3. The van der Waals surface area contributed by atoms with E-state index in [0.29, 0.717) is 26.1 Å². The zero-order valence-corrected chi connectivity index (χ0v) is 17.6. The van der Waals surface area contributed by atoms with E-state index in [-0.39, 0.29) is 11.8 Å². The van der Waals surface area contributed by atoms with Crippen molar-refractivity contribution in [1.29, 1.82) is 0 Å². The first-order valence-corrected chi connectivity index (χ1v) is 10.9. The van der Waals surface area contributed by atoms with Gasteiger partial charge in [-0.05, 0) is 42.3 Å². The van der Waals surface area contributed by atoms with Crippen molar-refractivity contribution in [3.05, 3.63) is 50.7 Å². The minimum Gasteiger partial charge on any atom is -0.368 e. The van der Waals surface area contributed by atoms with Crippen LogP contribution in [0.4, 0.5) is 5.69 Å². The summed E-state index contributed by atoms with van der Waals surface area (Å²) < 4.78 is 0. The standard InChI is InChI=1S/C21H24ClN3O2S/c1-2-20(26)25-8-7-18-15(14-25)13-19(28-18)21(27)24-11-9-23(10-12-24)17-5-3-16(22)4-6-17/h3-6,13H,2,7-12,14H2,1H3. The maximum Gasteiger partial charge on any atom is 0.264 e. The molecule has 0 aliphatic carbocycles. The van der Waals surface area contributed by atoms with Crippen molar-refractivity contribution in [2.45, 2.75) is 26.3 Å². The molecule has 0 spiro atoms. The molecule has 1 saturated heterocycles. The maximum atomic E-state index is 13.0. The third-order valence-corrected chi connectivity index (χ3v) is 6.97. The van der Waals surface area contributed by atoms with E-state index in [0.717, 1.165) is 47.2 Å². The molecule has 148 valence electrons. The van der Waals surface area contributed by atoms with Gasteiger partial charge in [0.15, 0.2) is 0 Å². The Bertz CT molecular complexity index is 872. The number of benzene rings is 1. The van der Waals surface area contributed by atoms with Gasteiger partial charge in [-0.25, -0.2) is 0 Å². The van der Waals surface area contributed by atoms with Gasteiger partial charge in [-0.3, -0.25) is 9.59 Å². The lowest BCUT2D eigenvalue weighted by Crippen LogP contribution is -2.48. The smallest absolute Gasteiger partial charge is 0.264 e. The van der Waals surface area contributed by atoms with Crippen molar-refractivity contribution in [2.75, 3.05) is 37.6 Å². The molecule has 0 radical (unpaired) electrons. The number of amides is 2. The molecule has 1 fully saturated rings. The first-order valence-electron chi connectivity index (χ1n) is 9.74. The highest BCUT2D eigenvalue weighted by Gasteiger charge is 2.27. The molecule has 3 heterocycles. The number of carbonyl (C=O) groups excluding carboxylic acids is 2. The molecule has 0 unspecified atom stereocenters. The fourth-order valence-electron chi connectivity index (χ4n) is 3.85. The summed E-state index contributed by atoms with van der Waals surface area (Å²) in [6.45, 7) is 6.34. The molecule has 0 bridgehead atoms. The minimum absolute atomic E-state index is 0.114. The van der Waals surface area contributed by atoms with Crippen LogP contribution >= 0.6 is 22.9 Å². The topological polar surface area (TPSA) is 43.9 Å². The minimum atomic E-state index is 0.114. The van der Waals surface area contributed by atoms with Crippen LogP contribution in [0.1, 0.15) is 33.5 Å². The Morgan fingerprint density at radius 2 is 1.75 bits per heavy atom. The Labute approximate surface area is 174 Å². The van der Waals surface area contributed by atoms with Crippen molar-refractivity contribution < 1.29 is 9.59 Å². The van der Waals surface area contributed by atoms with Gasteiger partial charge in [-0.15, -0.1) is 11.3 Å². The van der Waals surface area contributed by atoms with E-state index in [9.17, 15) is 9.59 Å². The summed E-state index contributed by atoms with van der Waals surface area (Å²) in [6.07, 6.45) is 1.38. The Morgan fingerprint density at radius 3 is 2.43 bits per heavy atom. The third-order valence-electron chi connectivity index (χ3n) is 5.49. The fourth-order valence-corrected chi connectivity index (χ4v) is 5.11. The molecule has 2 aliphatic rings. The Kier molecular flexibility index (Phi) is 5.60. The molecular formula is C21H24ClN3O2S. The van der Waals surface area contributed by atoms with Crippen molar-refractivity contribution in [1.82, 2.24) is 9.80 Å². The Morgan fingerprint density at radius 1 is 1.04 bits per heavy atom. The van der Waals surface area contributed by atoms with Crippen LogP contribution in [0.3, 0.4) is 0 Å². The van der Waals surface area contributed by atoms with Crippen LogP contribution in [-0.2, 0) is 17.8 Å².